The summed E-state index contributed by atoms with van der Waals surface area (Å²) in [4.78, 5) is 11.1. The maximum absolute atomic E-state index is 11.1. The lowest BCUT2D eigenvalue weighted by molar-refractivity contribution is -0.113. The van der Waals surface area contributed by atoms with Crippen LogP contribution in [0.1, 0.15) is 11.1 Å². The van der Waals surface area contributed by atoms with Crippen LogP contribution >= 0.6 is 0 Å². The fraction of sp³-hybridized carbons (Fsp3) is 0.118. The quantitative estimate of drug-likeness (QED) is 0.816. The predicted octanol–water partition coefficient (Wildman–Crippen LogP) is 2.88. The average Bonchev–Trinajstić information content (AvgIpc) is 2.40. The van der Waals surface area contributed by atoms with Crippen molar-refractivity contribution in [2.45, 2.75) is 12.8 Å². The molecule has 0 fully saturated rings. The molecule has 0 spiro atoms. The fourth-order valence-corrected chi connectivity index (χ4v) is 2.08. The summed E-state index contributed by atoms with van der Waals surface area (Å²) in [7, 11) is 0. The van der Waals surface area contributed by atoms with E-state index >= 15 is 0 Å². The maximum atomic E-state index is 11.1. The molecule has 2 heteroatoms. The minimum Gasteiger partial charge on any atom is -0.366 e. The van der Waals surface area contributed by atoms with E-state index in [4.69, 9.17) is 5.73 Å². The second-order valence-corrected chi connectivity index (χ2v) is 4.53. The SMILES string of the molecule is NC(=O)C=C(Cc1ccccc1)Cc1ccccc1. The molecule has 2 rings (SSSR count). The minimum absolute atomic E-state index is 0.387. The summed E-state index contributed by atoms with van der Waals surface area (Å²) >= 11 is 0. The second kappa shape index (κ2) is 6.55. The monoisotopic (exact) mass is 251 g/mol. The van der Waals surface area contributed by atoms with Crippen molar-refractivity contribution in [2.24, 2.45) is 5.73 Å². The molecule has 19 heavy (non-hydrogen) atoms. The molecular formula is C17H17NO. The number of allylic oxidation sites excluding steroid dienone is 1. The molecule has 0 atom stereocenters. The molecule has 2 N–H and O–H groups in total. The van der Waals surface area contributed by atoms with Gasteiger partial charge in [-0.05, 0) is 24.0 Å². The van der Waals surface area contributed by atoms with Gasteiger partial charge in [0.2, 0.25) is 5.91 Å². The number of nitrogens with two attached hydrogens (primary N) is 1. The molecule has 0 saturated carbocycles. The summed E-state index contributed by atoms with van der Waals surface area (Å²) in [6.45, 7) is 0. The predicted molar refractivity (Wildman–Crippen MR) is 77.6 cm³/mol. The lowest BCUT2D eigenvalue weighted by Gasteiger charge is -2.07. The van der Waals surface area contributed by atoms with Gasteiger partial charge in [-0.1, -0.05) is 66.2 Å². The minimum atomic E-state index is -0.387. The first-order valence-corrected chi connectivity index (χ1v) is 6.31. The number of benzene rings is 2. The Kier molecular flexibility index (Phi) is 4.51. The van der Waals surface area contributed by atoms with Gasteiger partial charge in [-0.2, -0.15) is 0 Å². The van der Waals surface area contributed by atoms with Gasteiger partial charge in [0.05, 0.1) is 0 Å². The molecular weight excluding hydrogens is 234 g/mol. The Balaban J connectivity index is 2.16. The number of carbonyl (C=O) groups excluding carboxylic acids is 1. The van der Waals surface area contributed by atoms with Gasteiger partial charge >= 0.3 is 0 Å². The molecule has 0 saturated heterocycles. The van der Waals surface area contributed by atoms with Crippen molar-refractivity contribution in [1.29, 1.82) is 0 Å². The van der Waals surface area contributed by atoms with Gasteiger partial charge in [0, 0.05) is 6.08 Å². The molecule has 96 valence electrons. The highest BCUT2D eigenvalue weighted by molar-refractivity contribution is 5.86. The zero-order valence-electron chi connectivity index (χ0n) is 10.8. The molecule has 0 radical (unpaired) electrons. The first kappa shape index (κ1) is 13.1. The van der Waals surface area contributed by atoms with Crippen LogP contribution in [0.2, 0.25) is 0 Å². The number of hydrogen-bond acceptors (Lipinski definition) is 1. The molecule has 0 aliphatic rings. The van der Waals surface area contributed by atoms with E-state index in [1.807, 2.05) is 36.4 Å². The van der Waals surface area contributed by atoms with Crippen LogP contribution in [-0.4, -0.2) is 5.91 Å². The van der Waals surface area contributed by atoms with Crippen LogP contribution < -0.4 is 5.73 Å². The Morgan fingerprint density at radius 2 is 1.26 bits per heavy atom. The molecule has 2 aromatic rings. The van der Waals surface area contributed by atoms with E-state index in [0.717, 1.165) is 18.4 Å². The normalized spacial score (nSPS) is 9.89. The second-order valence-electron chi connectivity index (χ2n) is 4.53. The zero-order valence-corrected chi connectivity index (χ0v) is 10.8. The summed E-state index contributed by atoms with van der Waals surface area (Å²) in [5, 5.41) is 0. The van der Waals surface area contributed by atoms with Crippen LogP contribution in [-0.2, 0) is 17.6 Å². The van der Waals surface area contributed by atoms with Crippen LogP contribution in [0.3, 0.4) is 0 Å². The molecule has 2 nitrogen and oxygen atoms in total. The van der Waals surface area contributed by atoms with E-state index in [1.54, 1.807) is 6.08 Å². The van der Waals surface area contributed by atoms with Crippen molar-refractivity contribution in [3.8, 4) is 0 Å². The summed E-state index contributed by atoms with van der Waals surface area (Å²) < 4.78 is 0. The topological polar surface area (TPSA) is 43.1 Å². The summed E-state index contributed by atoms with van der Waals surface area (Å²) in [6.07, 6.45) is 3.04. The van der Waals surface area contributed by atoms with Gasteiger partial charge in [0.1, 0.15) is 0 Å². The van der Waals surface area contributed by atoms with Crippen LogP contribution in [0, 0.1) is 0 Å². The van der Waals surface area contributed by atoms with Crippen molar-refractivity contribution < 1.29 is 4.79 Å². The van der Waals surface area contributed by atoms with E-state index < -0.39 is 0 Å². The van der Waals surface area contributed by atoms with Gasteiger partial charge < -0.3 is 5.73 Å². The van der Waals surface area contributed by atoms with Gasteiger partial charge in [-0.15, -0.1) is 0 Å². The number of primary amides is 1. The molecule has 1 amide bonds. The fourth-order valence-electron chi connectivity index (χ4n) is 2.08. The standard InChI is InChI=1S/C17H17NO/c18-17(19)13-16(11-14-7-3-1-4-8-14)12-15-9-5-2-6-10-15/h1-10,13H,11-12H2,(H2,18,19). The number of amides is 1. The summed E-state index contributed by atoms with van der Waals surface area (Å²) in [6, 6.07) is 20.2. The van der Waals surface area contributed by atoms with E-state index in [9.17, 15) is 4.79 Å². The molecule has 0 aliphatic carbocycles. The highest BCUT2D eigenvalue weighted by Crippen LogP contribution is 2.13. The van der Waals surface area contributed by atoms with Crippen LogP contribution in [0.5, 0.6) is 0 Å². The van der Waals surface area contributed by atoms with Gasteiger partial charge in [-0.3, -0.25) is 4.79 Å². The number of rotatable bonds is 5. The zero-order chi connectivity index (χ0) is 13.5. The largest absolute Gasteiger partial charge is 0.366 e. The number of carbonyl (C=O) groups is 1. The summed E-state index contributed by atoms with van der Waals surface area (Å²) in [5.74, 6) is -0.387. The maximum Gasteiger partial charge on any atom is 0.241 e. The summed E-state index contributed by atoms with van der Waals surface area (Å²) in [5.41, 5.74) is 8.69. The smallest absolute Gasteiger partial charge is 0.241 e. The lowest BCUT2D eigenvalue weighted by atomic mass is 9.98. The van der Waals surface area contributed by atoms with Crippen molar-refractivity contribution >= 4 is 5.91 Å². The Morgan fingerprint density at radius 3 is 1.63 bits per heavy atom. The molecule has 0 unspecified atom stereocenters. The highest BCUT2D eigenvalue weighted by atomic mass is 16.1. The van der Waals surface area contributed by atoms with Crippen LogP contribution in [0.25, 0.3) is 0 Å². The third kappa shape index (κ3) is 4.43. The molecule has 0 heterocycles. The van der Waals surface area contributed by atoms with Crippen molar-refractivity contribution in [3.05, 3.63) is 83.4 Å². The first-order valence-electron chi connectivity index (χ1n) is 6.31. The van der Waals surface area contributed by atoms with Crippen molar-refractivity contribution in [2.75, 3.05) is 0 Å². The average molecular weight is 251 g/mol. The Morgan fingerprint density at radius 1 is 0.842 bits per heavy atom. The molecule has 0 aromatic heterocycles. The van der Waals surface area contributed by atoms with E-state index in [-0.39, 0.29) is 5.91 Å². The molecule has 0 aliphatic heterocycles. The van der Waals surface area contributed by atoms with E-state index in [2.05, 4.69) is 24.3 Å². The third-order valence-electron chi connectivity index (χ3n) is 2.89. The highest BCUT2D eigenvalue weighted by Gasteiger charge is 2.03. The molecule has 0 bridgehead atoms. The Bertz CT molecular complexity index is 515. The Hall–Kier alpha value is -2.35. The first-order chi connectivity index (χ1) is 9.24. The van der Waals surface area contributed by atoms with Gasteiger partial charge in [-0.25, -0.2) is 0 Å². The molecule has 2 aromatic carbocycles. The Labute approximate surface area is 113 Å². The van der Waals surface area contributed by atoms with Crippen LogP contribution in [0.4, 0.5) is 0 Å². The van der Waals surface area contributed by atoms with E-state index in [1.165, 1.54) is 11.1 Å². The van der Waals surface area contributed by atoms with Crippen molar-refractivity contribution in [3.63, 3.8) is 0 Å². The van der Waals surface area contributed by atoms with Crippen LogP contribution in [0.15, 0.2) is 72.3 Å². The number of hydrogen-bond donors (Lipinski definition) is 1. The van der Waals surface area contributed by atoms with Gasteiger partial charge in [0.15, 0.2) is 0 Å². The van der Waals surface area contributed by atoms with Gasteiger partial charge in [0.25, 0.3) is 0 Å². The van der Waals surface area contributed by atoms with Crippen molar-refractivity contribution in [1.82, 2.24) is 0 Å². The lowest BCUT2D eigenvalue weighted by Crippen LogP contribution is -2.09. The van der Waals surface area contributed by atoms with E-state index in [0.29, 0.717) is 0 Å². The third-order valence-corrected chi connectivity index (χ3v) is 2.89.